The van der Waals surface area contributed by atoms with Crippen LogP contribution in [0.2, 0.25) is 0 Å². The molecule has 0 aliphatic rings. The van der Waals surface area contributed by atoms with Crippen LogP contribution in [0, 0.1) is 5.92 Å². The van der Waals surface area contributed by atoms with Gasteiger partial charge in [-0.25, -0.2) is 4.98 Å². The molecular weight excluding hydrogens is 410 g/mol. The fourth-order valence-corrected chi connectivity index (χ4v) is 3.37. The van der Waals surface area contributed by atoms with Gasteiger partial charge in [-0.05, 0) is 60.4 Å². The molecule has 0 amide bonds. The maximum absolute atomic E-state index is 10.9. The van der Waals surface area contributed by atoms with Crippen molar-refractivity contribution in [3.8, 4) is 28.3 Å². The first kappa shape index (κ1) is 21.1. The number of carboxylic acids is 2. The molecule has 0 unspecified atom stereocenters. The second-order valence-electron chi connectivity index (χ2n) is 7.31. The molecule has 0 fully saturated rings. The number of oxazole rings is 1. The molecule has 4 aromatic rings. The number of aromatic nitrogens is 1. The number of hydrogen-bond donors (Lipinski definition) is 2. The highest BCUT2D eigenvalue weighted by atomic mass is 16.5. The summed E-state index contributed by atoms with van der Waals surface area (Å²) in [6, 6.07) is 23.1. The smallest absolute Gasteiger partial charge is 0.317 e. The summed E-state index contributed by atoms with van der Waals surface area (Å²) in [6.45, 7) is 0.246. The first-order chi connectivity index (χ1) is 15.5. The average Bonchev–Trinajstić information content (AvgIpc) is 3.23. The lowest BCUT2D eigenvalue weighted by atomic mass is 10.0. The molecule has 0 saturated heterocycles. The van der Waals surface area contributed by atoms with Crippen LogP contribution in [0.4, 0.5) is 0 Å². The molecule has 32 heavy (non-hydrogen) atoms. The summed E-state index contributed by atoms with van der Waals surface area (Å²) >= 11 is 0. The number of carboxylic acid groups (broad SMARTS) is 2. The van der Waals surface area contributed by atoms with Crippen LogP contribution >= 0.6 is 0 Å². The van der Waals surface area contributed by atoms with Crippen molar-refractivity contribution in [2.24, 2.45) is 5.92 Å². The molecule has 2 N–H and O–H groups in total. The minimum Gasteiger partial charge on any atom is -0.494 e. The molecule has 1 heterocycles. The Kier molecular flexibility index (Phi) is 6.17. The molecule has 0 aliphatic carbocycles. The first-order valence-corrected chi connectivity index (χ1v) is 10.2. The van der Waals surface area contributed by atoms with Crippen LogP contribution in [-0.2, 0) is 9.59 Å². The predicted molar refractivity (Wildman–Crippen MR) is 118 cm³/mol. The van der Waals surface area contributed by atoms with E-state index in [0.29, 0.717) is 18.1 Å². The Morgan fingerprint density at radius 2 is 1.44 bits per heavy atom. The summed E-state index contributed by atoms with van der Waals surface area (Å²) in [5, 5.41) is 17.8. The minimum atomic E-state index is -1.40. The van der Waals surface area contributed by atoms with Crippen LogP contribution < -0.4 is 4.74 Å². The number of aliphatic carboxylic acids is 2. The van der Waals surface area contributed by atoms with Gasteiger partial charge in [-0.15, -0.1) is 0 Å². The van der Waals surface area contributed by atoms with Gasteiger partial charge in [-0.1, -0.05) is 36.4 Å². The molecule has 0 spiro atoms. The van der Waals surface area contributed by atoms with Crippen molar-refractivity contribution in [1.29, 1.82) is 0 Å². The van der Waals surface area contributed by atoms with Crippen LogP contribution in [0.1, 0.15) is 12.8 Å². The molecule has 1 aromatic heterocycles. The number of hydrogen-bond acceptors (Lipinski definition) is 5. The number of benzene rings is 3. The Labute approximate surface area is 183 Å². The zero-order valence-electron chi connectivity index (χ0n) is 17.1. The van der Waals surface area contributed by atoms with Crippen molar-refractivity contribution >= 4 is 23.0 Å². The lowest BCUT2D eigenvalue weighted by molar-refractivity contribution is -0.154. The molecule has 4 rings (SSSR count). The highest BCUT2D eigenvalue weighted by Gasteiger charge is 2.24. The Hall–Kier alpha value is -4.13. The van der Waals surface area contributed by atoms with E-state index in [4.69, 9.17) is 19.4 Å². The third-order valence-corrected chi connectivity index (χ3v) is 5.12. The van der Waals surface area contributed by atoms with Gasteiger partial charge in [0, 0.05) is 5.56 Å². The summed E-state index contributed by atoms with van der Waals surface area (Å²) in [5.41, 5.74) is 4.51. The summed E-state index contributed by atoms with van der Waals surface area (Å²) < 4.78 is 11.4. The molecule has 0 aliphatic heterocycles. The van der Waals surface area contributed by atoms with E-state index in [1.165, 1.54) is 0 Å². The monoisotopic (exact) mass is 431 g/mol. The average molecular weight is 431 g/mol. The Morgan fingerprint density at radius 1 is 0.844 bits per heavy atom. The van der Waals surface area contributed by atoms with Crippen LogP contribution in [0.3, 0.4) is 0 Å². The SMILES string of the molecule is O=C(O)C(CCCOc1ccc(-c2ccc(-c3nc4ccccc4o3)cc2)cc1)C(=O)O. The highest BCUT2D eigenvalue weighted by Crippen LogP contribution is 2.28. The van der Waals surface area contributed by atoms with E-state index in [2.05, 4.69) is 4.98 Å². The maximum Gasteiger partial charge on any atom is 0.317 e. The van der Waals surface area contributed by atoms with Gasteiger partial charge >= 0.3 is 11.9 Å². The van der Waals surface area contributed by atoms with Crippen LogP contribution in [-0.4, -0.2) is 33.7 Å². The van der Waals surface area contributed by atoms with Crippen LogP contribution in [0.5, 0.6) is 5.75 Å². The summed E-state index contributed by atoms with van der Waals surface area (Å²) in [4.78, 5) is 26.3. The molecule has 3 aromatic carbocycles. The molecule has 0 saturated carbocycles. The van der Waals surface area contributed by atoms with Gasteiger partial charge in [0.05, 0.1) is 6.61 Å². The predicted octanol–water partition coefficient (Wildman–Crippen LogP) is 5.11. The van der Waals surface area contributed by atoms with Gasteiger partial charge < -0.3 is 19.4 Å². The zero-order valence-corrected chi connectivity index (χ0v) is 17.1. The highest BCUT2D eigenvalue weighted by molar-refractivity contribution is 5.92. The molecular formula is C25H21NO6. The van der Waals surface area contributed by atoms with E-state index in [9.17, 15) is 9.59 Å². The number of fused-ring (bicyclic) bond motifs is 1. The third-order valence-electron chi connectivity index (χ3n) is 5.12. The van der Waals surface area contributed by atoms with Gasteiger partial charge in [0.15, 0.2) is 11.5 Å². The number of para-hydroxylation sites is 2. The maximum atomic E-state index is 10.9. The number of ether oxygens (including phenoxy) is 1. The van der Waals surface area contributed by atoms with Crippen molar-refractivity contribution in [2.75, 3.05) is 6.61 Å². The van der Waals surface area contributed by atoms with E-state index in [1.54, 1.807) is 0 Å². The quantitative estimate of drug-likeness (QED) is 0.280. The summed E-state index contributed by atoms with van der Waals surface area (Å²) in [7, 11) is 0. The van der Waals surface area contributed by atoms with Crippen molar-refractivity contribution < 1.29 is 29.0 Å². The van der Waals surface area contributed by atoms with E-state index in [-0.39, 0.29) is 13.0 Å². The van der Waals surface area contributed by atoms with Crippen LogP contribution in [0.15, 0.2) is 77.2 Å². The van der Waals surface area contributed by atoms with Crippen molar-refractivity contribution in [3.05, 3.63) is 72.8 Å². The number of nitrogens with zero attached hydrogens (tertiary/aromatic N) is 1. The molecule has 0 bridgehead atoms. The Bertz CT molecular complexity index is 1180. The standard InChI is InChI=1S/C25H21NO6/c27-24(28)20(25(29)30)4-3-15-31-19-13-11-17(12-14-19)16-7-9-18(10-8-16)23-26-21-5-1-2-6-22(21)32-23/h1-2,5-14,20H,3-4,15H2,(H,27,28)(H,29,30). The third kappa shape index (κ3) is 4.78. The number of rotatable bonds is 9. The fourth-order valence-electron chi connectivity index (χ4n) is 3.37. The van der Waals surface area contributed by atoms with Gasteiger partial charge in [0.2, 0.25) is 5.89 Å². The molecule has 7 nitrogen and oxygen atoms in total. The number of carbonyl (C=O) groups is 2. The second kappa shape index (κ2) is 9.34. The molecule has 0 atom stereocenters. The van der Waals surface area contributed by atoms with Crippen molar-refractivity contribution in [2.45, 2.75) is 12.8 Å². The molecule has 162 valence electrons. The van der Waals surface area contributed by atoms with Crippen molar-refractivity contribution in [1.82, 2.24) is 4.98 Å². The lowest BCUT2D eigenvalue weighted by Crippen LogP contribution is -2.23. The van der Waals surface area contributed by atoms with E-state index in [0.717, 1.165) is 27.8 Å². The summed E-state index contributed by atoms with van der Waals surface area (Å²) in [5.74, 6) is -2.85. The molecule has 0 radical (unpaired) electrons. The fraction of sp³-hybridized carbons (Fsp3) is 0.160. The Morgan fingerprint density at radius 3 is 2.06 bits per heavy atom. The van der Waals surface area contributed by atoms with Gasteiger partial charge in [0.1, 0.15) is 11.3 Å². The normalized spacial score (nSPS) is 11.0. The van der Waals surface area contributed by atoms with Crippen LogP contribution in [0.25, 0.3) is 33.7 Å². The summed E-state index contributed by atoms with van der Waals surface area (Å²) in [6.07, 6.45) is 0.359. The molecule has 7 heteroatoms. The largest absolute Gasteiger partial charge is 0.494 e. The van der Waals surface area contributed by atoms with Crippen molar-refractivity contribution in [3.63, 3.8) is 0 Å². The Balaban J connectivity index is 1.35. The van der Waals surface area contributed by atoms with E-state index < -0.39 is 17.9 Å². The second-order valence-corrected chi connectivity index (χ2v) is 7.31. The van der Waals surface area contributed by atoms with Gasteiger partial charge in [-0.2, -0.15) is 0 Å². The van der Waals surface area contributed by atoms with Gasteiger partial charge in [-0.3, -0.25) is 9.59 Å². The lowest BCUT2D eigenvalue weighted by Gasteiger charge is -2.09. The van der Waals surface area contributed by atoms with E-state index in [1.807, 2.05) is 72.8 Å². The van der Waals surface area contributed by atoms with E-state index >= 15 is 0 Å². The first-order valence-electron chi connectivity index (χ1n) is 10.2. The topological polar surface area (TPSA) is 110 Å². The zero-order chi connectivity index (χ0) is 22.5. The minimum absolute atomic E-state index is 0.0230. The van der Waals surface area contributed by atoms with Gasteiger partial charge in [0.25, 0.3) is 0 Å².